The number of hydrogen-bond acceptors (Lipinski definition) is 7. The number of ether oxygens (including phenoxy) is 2. The summed E-state index contributed by atoms with van der Waals surface area (Å²) in [5, 5.41) is 13.6. The van der Waals surface area contributed by atoms with Crippen molar-refractivity contribution in [3.05, 3.63) is 59.8 Å². The number of anilines is 3. The summed E-state index contributed by atoms with van der Waals surface area (Å²) >= 11 is 0. The molecule has 0 saturated heterocycles. The summed E-state index contributed by atoms with van der Waals surface area (Å²) in [5.74, 6) is 0.133. The number of rotatable bonds is 8. The number of nitrogens with zero attached hydrogens (tertiary/aromatic N) is 3. The zero-order valence-electron chi connectivity index (χ0n) is 15.4. The second-order valence-electron chi connectivity index (χ2n) is 5.79. The van der Waals surface area contributed by atoms with E-state index in [1.54, 1.807) is 14.2 Å². The Labute approximate surface area is 160 Å². The summed E-state index contributed by atoms with van der Waals surface area (Å²) in [7, 11) is 3.18. The van der Waals surface area contributed by atoms with Crippen LogP contribution in [-0.2, 0) is 6.42 Å². The largest absolute Gasteiger partial charge is 0.493 e. The number of halogens is 2. The highest BCUT2D eigenvalue weighted by atomic mass is 19.2. The van der Waals surface area contributed by atoms with Gasteiger partial charge in [-0.05, 0) is 36.2 Å². The molecule has 0 aliphatic carbocycles. The smallest absolute Gasteiger partial charge is 0.249 e. The first-order valence-corrected chi connectivity index (χ1v) is 8.45. The average molecular weight is 387 g/mol. The van der Waals surface area contributed by atoms with E-state index >= 15 is 0 Å². The maximum atomic E-state index is 13.3. The van der Waals surface area contributed by atoms with Gasteiger partial charge < -0.3 is 20.1 Å². The quantitative estimate of drug-likeness (QED) is 0.612. The zero-order valence-corrected chi connectivity index (χ0v) is 15.4. The van der Waals surface area contributed by atoms with Gasteiger partial charge in [-0.1, -0.05) is 6.07 Å². The third-order valence-electron chi connectivity index (χ3n) is 3.90. The topological polar surface area (TPSA) is 81.2 Å². The van der Waals surface area contributed by atoms with Crippen molar-refractivity contribution in [1.82, 2.24) is 15.2 Å². The van der Waals surface area contributed by atoms with Gasteiger partial charge in [0.2, 0.25) is 5.95 Å². The van der Waals surface area contributed by atoms with Crippen LogP contribution in [0.3, 0.4) is 0 Å². The Kier molecular flexibility index (Phi) is 6.15. The molecule has 0 radical (unpaired) electrons. The second-order valence-corrected chi connectivity index (χ2v) is 5.79. The third kappa shape index (κ3) is 4.81. The molecule has 0 fully saturated rings. The van der Waals surface area contributed by atoms with E-state index in [1.165, 1.54) is 12.3 Å². The lowest BCUT2D eigenvalue weighted by Gasteiger charge is -2.10. The minimum atomic E-state index is -0.956. The lowest BCUT2D eigenvalue weighted by Crippen LogP contribution is -2.09. The zero-order chi connectivity index (χ0) is 19.9. The van der Waals surface area contributed by atoms with Crippen LogP contribution in [0.15, 0.2) is 42.6 Å². The Hall–Kier alpha value is -3.49. The van der Waals surface area contributed by atoms with E-state index in [2.05, 4.69) is 25.8 Å². The third-order valence-corrected chi connectivity index (χ3v) is 3.90. The number of hydrogen-bond donors (Lipinski definition) is 2. The van der Waals surface area contributed by atoms with E-state index in [4.69, 9.17) is 9.47 Å². The molecule has 9 heteroatoms. The van der Waals surface area contributed by atoms with Crippen LogP contribution in [0.4, 0.5) is 26.2 Å². The fraction of sp³-hybridized carbons (Fsp3) is 0.211. The van der Waals surface area contributed by atoms with Crippen LogP contribution in [0, 0.1) is 11.6 Å². The van der Waals surface area contributed by atoms with Crippen molar-refractivity contribution in [2.75, 3.05) is 31.4 Å². The fourth-order valence-corrected chi connectivity index (χ4v) is 2.52. The molecular weight excluding hydrogens is 368 g/mol. The lowest BCUT2D eigenvalue weighted by atomic mass is 10.1. The molecule has 0 aliphatic heterocycles. The van der Waals surface area contributed by atoms with Gasteiger partial charge in [0.1, 0.15) is 0 Å². The van der Waals surface area contributed by atoms with Crippen molar-refractivity contribution in [3.8, 4) is 11.5 Å². The van der Waals surface area contributed by atoms with Gasteiger partial charge in [-0.25, -0.2) is 8.78 Å². The maximum absolute atomic E-state index is 13.3. The van der Waals surface area contributed by atoms with Gasteiger partial charge >= 0.3 is 0 Å². The molecule has 0 unspecified atom stereocenters. The number of aromatic nitrogens is 3. The average Bonchev–Trinajstić information content (AvgIpc) is 2.71. The normalized spacial score (nSPS) is 10.4. The van der Waals surface area contributed by atoms with Crippen molar-refractivity contribution in [3.63, 3.8) is 0 Å². The summed E-state index contributed by atoms with van der Waals surface area (Å²) in [5.41, 5.74) is 1.38. The number of methoxy groups -OCH3 is 2. The Morgan fingerprint density at radius 2 is 1.79 bits per heavy atom. The Morgan fingerprint density at radius 1 is 0.964 bits per heavy atom. The van der Waals surface area contributed by atoms with Crippen molar-refractivity contribution < 1.29 is 18.3 Å². The monoisotopic (exact) mass is 387 g/mol. The molecule has 7 nitrogen and oxygen atoms in total. The van der Waals surface area contributed by atoms with Gasteiger partial charge in [0.25, 0.3) is 0 Å². The van der Waals surface area contributed by atoms with Crippen molar-refractivity contribution in [2.45, 2.75) is 6.42 Å². The van der Waals surface area contributed by atoms with E-state index in [0.717, 1.165) is 24.1 Å². The first-order valence-electron chi connectivity index (χ1n) is 8.45. The minimum Gasteiger partial charge on any atom is -0.493 e. The molecular formula is C19H19F2N5O2. The van der Waals surface area contributed by atoms with Crippen molar-refractivity contribution in [1.29, 1.82) is 0 Å². The van der Waals surface area contributed by atoms with Gasteiger partial charge in [-0.15, -0.1) is 5.10 Å². The molecule has 3 rings (SSSR count). The van der Waals surface area contributed by atoms with Crippen LogP contribution in [0.1, 0.15) is 5.56 Å². The number of nitrogens with one attached hydrogen (secondary N) is 2. The first kappa shape index (κ1) is 19.3. The van der Waals surface area contributed by atoms with E-state index in [0.29, 0.717) is 29.5 Å². The van der Waals surface area contributed by atoms with E-state index in [1.807, 2.05) is 18.2 Å². The maximum Gasteiger partial charge on any atom is 0.249 e. The molecule has 3 aromatic rings. The highest BCUT2D eigenvalue weighted by Crippen LogP contribution is 2.27. The molecule has 0 bridgehead atoms. The van der Waals surface area contributed by atoms with Crippen LogP contribution in [0.5, 0.6) is 11.5 Å². The molecule has 2 aromatic carbocycles. The predicted octanol–water partition coefficient (Wildman–Crippen LogP) is 3.57. The summed E-state index contributed by atoms with van der Waals surface area (Å²) in [6.07, 6.45) is 2.20. The molecule has 146 valence electrons. The molecule has 0 amide bonds. The molecule has 0 aliphatic rings. The van der Waals surface area contributed by atoms with Crippen molar-refractivity contribution in [2.24, 2.45) is 0 Å². The minimum absolute atomic E-state index is 0.169. The summed E-state index contributed by atoms with van der Waals surface area (Å²) < 4.78 is 36.8. The molecule has 0 saturated carbocycles. The molecule has 28 heavy (non-hydrogen) atoms. The number of benzene rings is 2. The SMILES string of the molecule is COc1ccc(CCNc2cnnc(Nc3ccc(F)c(F)c3)n2)cc1OC. The first-order chi connectivity index (χ1) is 13.6. The fourth-order valence-electron chi connectivity index (χ4n) is 2.52. The van der Waals surface area contributed by atoms with Crippen LogP contribution in [0.2, 0.25) is 0 Å². The van der Waals surface area contributed by atoms with Gasteiger partial charge in [-0.3, -0.25) is 0 Å². The van der Waals surface area contributed by atoms with Crippen molar-refractivity contribution >= 4 is 17.5 Å². The van der Waals surface area contributed by atoms with Crippen LogP contribution < -0.4 is 20.1 Å². The molecule has 0 spiro atoms. The highest BCUT2D eigenvalue weighted by molar-refractivity contribution is 5.54. The van der Waals surface area contributed by atoms with Crippen LogP contribution in [0.25, 0.3) is 0 Å². The predicted molar refractivity (Wildman–Crippen MR) is 101 cm³/mol. The van der Waals surface area contributed by atoms with E-state index in [-0.39, 0.29) is 5.95 Å². The van der Waals surface area contributed by atoms with E-state index < -0.39 is 11.6 Å². The van der Waals surface area contributed by atoms with Crippen LogP contribution >= 0.6 is 0 Å². The molecule has 2 N–H and O–H groups in total. The molecule has 1 aromatic heterocycles. The molecule has 1 heterocycles. The van der Waals surface area contributed by atoms with Gasteiger partial charge in [0.05, 0.1) is 20.4 Å². The van der Waals surface area contributed by atoms with Gasteiger partial charge in [-0.2, -0.15) is 10.1 Å². The second kappa shape index (κ2) is 8.94. The molecule has 0 atom stereocenters. The summed E-state index contributed by atoms with van der Waals surface area (Å²) in [6, 6.07) is 9.15. The van der Waals surface area contributed by atoms with Gasteiger partial charge in [0.15, 0.2) is 29.0 Å². The van der Waals surface area contributed by atoms with Crippen LogP contribution in [-0.4, -0.2) is 35.9 Å². The standard InChI is InChI=1S/C19H19F2N5O2/c1-27-16-6-3-12(9-17(16)28-2)7-8-22-18-11-23-26-19(25-18)24-13-4-5-14(20)15(21)10-13/h3-6,9-11H,7-8H2,1-2H3,(H2,22,24,25,26). The highest BCUT2D eigenvalue weighted by Gasteiger charge is 2.07. The van der Waals surface area contributed by atoms with Gasteiger partial charge in [0, 0.05) is 18.3 Å². The lowest BCUT2D eigenvalue weighted by molar-refractivity contribution is 0.354. The summed E-state index contributed by atoms with van der Waals surface area (Å²) in [6.45, 7) is 0.596. The Morgan fingerprint density at radius 3 is 2.54 bits per heavy atom. The van der Waals surface area contributed by atoms with E-state index in [9.17, 15) is 8.78 Å². The Balaban J connectivity index is 1.59. The summed E-state index contributed by atoms with van der Waals surface area (Å²) in [4.78, 5) is 4.26. The Bertz CT molecular complexity index is 955.